The highest BCUT2D eigenvalue weighted by Gasteiger charge is 2.28. The molecule has 3 nitrogen and oxygen atoms in total. The van der Waals surface area contributed by atoms with Gasteiger partial charge in [-0.2, -0.15) is 0 Å². The van der Waals surface area contributed by atoms with Gasteiger partial charge < -0.3 is 9.67 Å². The Morgan fingerprint density at radius 3 is 2.88 bits per heavy atom. The first-order valence-electron chi connectivity index (χ1n) is 5.89. The van der Waals surface area contributed by atoms with Crippen molar-refractivity contribution in [3.05, 3.63) is 30.1 Å². The van der Waals surface area contributed by atoms with Gasteiger partial charge in [0.25, 0.3) is 0 Å². The number of nitrogens with zero attached hydrogens (tertiary/aromatic N) is 2. The van der Waals surface area contributed by atoms with E-state index in [1.165, 1.54) is 0 Å². The van der Waals surface area contributed by atoms with Crippen molar-refractivity contribution in [3.63, 3.8) is 0 Å². The maximum Gasteiger partial charge on any atom is 0.107 e. The molecule has 0 amide bonds. The standard InChI is InChI=1S/C13H16N2O/c1-9-14-10-5-2-3-6-11(10)15(9)12-7-4-8-13(12)16/h2-3,5-6,12-13,16H,4,7-8H2,1H3/t12-,13+/m1/s1. The second-order valence-electron chi connectivity index (χ2n) is 4.58. The fraction of sp³-hybridized carbons (Fsp3) is 0.462. The first-order chi connectivity index (χ1) is 7.77. The second kappa shape index (κ2) is 3.59. The topological polar surface area (TPSA) is 38.0 Å². The molecule has 84 valence electrons. The lowest BCUT2D eigenvalue weighted by Gasteiger charge is -2.18. The number of hydrogen-bond donors (Lipinski definition) is 1. The lowest BCUT2D eigenvalue weighted by molar-refractivity contribution is 0.137. The van der Waals surface area contributed by atoms with Gasteiger partial charge in [-0.05, 0) is 38.3 Å². The molecule has 1 N–H and O–H groups in total. The number of aliphatic hydroxyl groups excluding tert-OH is 1. The van der Waals surface area contributed by atoms with Crippen LogP contribution in [0.15, 0.2) is 24.3 Å². The molecule has 1 fully saturated rings. The number of para-hydroxylation sites is 2. The van der Waals surface area contributed by atoms with Crippen LogP contribution in [0.4, 0.5) is 0 Å². The Bertz CT molecular complexity index is 518. The molecule has 1 heterocycles. The normalized spacial score (nSPS) is 25.4. The number of rotatable bonds is 1. The summed E-state index contributed by atoms with van der Waals surface area (Å²) in [6.07, 6.45) is 2.87. The number of benzene rings is 1. The number of aryl methyl sites for hydroxylation is 1. The summed E-state index contributed by atoms with van der Waals surface area (Å²) in [7, 11) is 0. The average Bonchev–Trinajstić information content (AvgIpc) is 2.81. The van der Waals surface area contributed by atoms with Crippen molar-refractivity contribution >= 4 is 11.0 Å². The van der Waals surface area contributed by atoms with Crippen molar-refractivity contribution in [1.82, 2.24) is 9.55 Å². The monoisotopic (exact) mass is 216 g/mol. The lowest BCUT2D eigenvalue weighted by Crippen LogP contribution is -2.19. The molecular weight excluding hydrogens is 200 g/mol. The Kier molecular flexibility index (Phi) is 2.21. The van der Waals surface area contributed by atoms with Gasteiger partial charge >= 0.3 is 0 Å². The summed E-state index contributed by atoms with van der Waals surface area (Å²) in [5, 5.41) is 10.00. The third kappa shape index (κ3) is 1.35. The van der Waals surface area contributed by atoms with E-state index in [9.17, 15) is 5.11 Å². The molecule has 0 spiro atoms. The highest BCUT2D eigenvalue weighted by Crippen LogP contribution is 2.33. The molecule has 1 aliphatic rings. The Balaban J connectivity index is 2.18. The Morgan fingerprint density at radius 1 is 1.31 bits per heavy atom. The van der Waals surface area contributed by atoms with Crippen LogP contribution in [0.25, 0.3) is 11.0 Å². The van der Waals surface area contributed by atoms with Gasteiger partial charge in [-0.1, -0.05) is 12.1 Å². The molecule has 0 aliphatic heterocycles. The van der Waals surface area contributed by atoms with Gasteiger partial charge in [0.1, 0.15) is 5.82 Å². The predicted octanol–water partition coefficient (Wildman–Crippen LogP) is 2.43. The summed E-state index contributed by atoms with van der Waals surface area (Å²) in [4.78, 5) is 4.54. The maximum absolute atomic E-state index is 10.00. The highest BCUT2D eigenvalue weighted by atomic mass is 16.3. The third-order valence-corrected chi connectivity index (χ3v) is 3.55. The Hall–Kier alpha value is -1.35. The first-order valence-corrected chi connectivity index (χ1v) is 5.89. The summed E-state index contributed by atoms with van der Waals surface area (Å²) < 4.78 is 2.20. The Morgan fingerprint density at radius 2 is 2.12 bits per heavy atom. The number of imidazole rings is 1. The van der Waals surface area contributed by atoms with Crippen molar-refractivity contribution in [1.29, 1.82) is 0 Å². The molecule has 0 radical (unpaired) electrons. The summed E-state index contributed by atoms with van der Waals surface area (Å²) in [5.74, 6) is 1.01. The van der Waals surface area contributed by atoms with Crippen LogP contribution in [0.2, 0.25) is 0 Å². The van der Waals surface area contributed by atoms with E-state index in [1.807, 2.05) is 25.1 Å². The van der Waals surface area contributed by atoms with Crippen LogP contribution in [-0.4, -0.2) is 20.8 Å². The van der Waals surface area contributed by atoms with Crippen molar-refractivity contribution < 1.29 is 5.11 Å². The van der Waals surface area contributed by atoms with Crippen LogP contribution in [0.3, 0.4) is 0 Å². The zero-order valence-corrected chi connectivity index (χ0v) is 9.43. The van der Waals surface area contributed by atoms with E-state index in [1.54, 1.807) is 0 Å². The fourth-order valence-electron chi connectivity index (χ4n) is 2.81. The zero-order valence-electron chi connectivity index (χ0n) is 9.43. The molecule has 0 bridgehead atoms. The fourth-order valence-corrected chi connectivity index (χ4v) is 2.81. The molecule has 1 aromatic heterocycles. The van der Waals surface area contributed by atoms with Gasteiger partial charge in [0.05, 0.1) is 23.2 Å². The minimum atomic E-state index is -0.212. The van der Waals surface area contributed by atoms with E-state index in [4.69, 9.17) is 0 Å². The van der Waals surface area contributed by atoms with Crippen LogP contribution < -0.4 is 0 Å². The molecule has 2 aromatic rings. The zero-order chi connectivity index (χ0) is 11.1. The van der Waals surface area contributed by atoms with Gasteiger partial charge in [-0.15, -0.1) is 0 Å². The minimum Gasteiger partial charge on any atom is -0.391 e. The summed E-state index contributed by atoms with van der Waals surface area (Å²) in [5.41, 5.74) is 2.17. The van der Waals surface area contributed by atoms with Gasteiger partial charge in [-0.25, -0.2) is 4.98 Å². The second-order valence-corrected chi connectivity index (χ2v) is 4.58. The third-order valence-electron chi connectivity index (χ3n) is 3.55. The minimum absolute atomic E-state index is 0.212. The molecule has 1 aliphatic carbocycles. The number of aromatic nitrogens is 2. The van der Waals surface area contributed by atoms with Crippen LogP contribution in [0.5, 0.6) is 0 Å². The molecule has 1 saturated carbocycles. The average molecular weight is 216 g/mol. The van der Waals surface area contributed by atoms with Crippen molar-refractivity contribution in [2.45, 2.75) is 38.3 Å². The molecule has 0 saturated heterocycles. The smallest absolute Gasteiger partial charge is 0.107 e. The van der Waals surface area contributed by atoms with E-state index in [2.05, 4.69) is 15.6 Å². The molecule has 0 unspecified atom stereocenters. The van der Waals surface area contributed by atoms with Crippen LogP contribution >= 0.6 is 0 Å². The molecular formula is C13H16N2O. The molecule has 3 heteroatoms. The molecule has 2 atom stereocenters. The van der Waals surface area contributed by atoms with E-state index < -0.39 is 0 Å². The highest BCUT2D eigenvalue weighted by molar-refractivity contribution is 5.76. The molecule has 3 rings (SSSR count). The van der Waals surface area contributed by atoms with E-state index >= 15 is 0 Å². The summed E-state index contributed by atoms with van der Waals surface area (Å²) in [6.45, 7) is 2.02. The van der Waals surface area contributed by atoms with Crippen LogP contribution in [-0.2, 0) is 0 Å². The first kappa shape index (κ1) is 9.85. The van der Waals surface area contributed by atoms with Gasteiger partial charge in [0, 0.05) is 0 Å². The summed E-state index contributed by atoms with van der Waals surface area (Å²) >= 11 is 0. The molecule has 16 heavy (non-hydrogen) atoms. The SMILES string of the molecule is Cc1nc2ccccc2n1[C@@H]1CCC[C@@H]1O. The van der Waals surface area contributed by atoms with Gasteiger partial charge in [0.15, 0.2) is 0 Å². The summed E-state index contributed by atoms with van der Waals surface area (Å²) in [6, 6.07) is 8.36. The number of aliphatic hydroxyl groups is 1. The predicted molar refractivity (Wildman–Crippen MR) is 63.4 cm³/mol. The van der Waals surface area contributed by atoms with Crippen molar-refractivity contribution in [3.8, 4) is 0 Å². The van der Waals surface area contributed by atoms with Gasteiger partial charge in [0.2, 0.25) is 0 Å². The number of hydrogen-bond acceptors (Lipinski definition) is 2. The quantitative estimate of drug-likeness (QED) is 0.795. The van der Waals surface area contributed by atoms with E-state index in [0.717, 1.165) is 36.1 Å². The van der Waals surface area contributed by atoms with E-state index in [0.29, 0.717) is 0 Å². The number of fused-ring (bicyclic) bond motifs is 1. The Labute approximate surface area is 94.7 Å². The van der Waals surface area contributed by atoms with Crippen LogP contribution in [0, 0.1) is 6.92 Å². The largest absolute Gasteiger partial charge is 0.391 e. The molecule has 1 aromatic carbocycles. The van der Waals surface area contributed by atoms with E-state index in [-0.39, 0.29) is 12.1 Å². The lowest BCUT2D eigenvalue weighted by atomic mass is 10.2. The van der Waals surface area contributed by atoms with Crippen molar-refractivity contribution in [2.24, 2.45) is 0 Å². The van der Waals surface area contributed by atoms with Crippen molar-refractivity contribution in [2.75, 3.05) is 0 Å². The maximum atomic E-state index is 10.00. The van der Waals surface area contributed by atoms with Crippen LogP contribution in [0.1, 0.15) is 31.1 Å². The van der Waals surface area contributed by atoms with Gasteiger partial charge in [-0.3, -0.25) is 0 Å².